The minimum Gasteiger partial charge on any atom is -0.394 e. The summed E-state index contributed by atoms with van der Waals surface area (Å²) >= 11 is 0. The summed E-state index contributed by atoms with van der Waals surface area (Å²) in [6, 6.07) is 14.8. The molecule has 1 aliphatic rings. The third-order valence-electron chi connectivity index (χ3n) is 6.09. The van der Waals surface area contributed by atoms with Gasteiger partial charge in [-0.05, 0) is 44.7 Å². The minimum atomic E-state index is -0.259. The lowest BCUT2D eigenvalue weighted by Gasteiger charge is -2.34. The van der Waals surface area contributed by atoms with E-state index in [2.05, 4.69) is 38.3 Å². The first-order valence-corrected chi connectivity index (χ1v) is 12.5. The molecule has 1 saturated heterocycles. The Labute approximate surface area is 221 Å². The van der Waals surface area contributed by atoms with E-state index in [0.29, 0.717) is 23.4 Å². The monoisotopic (exact) mass is 515 g/mol. The number of nitrogens with zero attached hydrogens (tertiary/aromatic N) is 8. The van der Waals surface area contributed by atoms with Gasteiger partial charge in [-0.25, -0.2) is 4.98 Å². The molecule has 0 bridgehead atoms. The predicted molar refractivity (Wildman–Crippen MR) is 145 cm³/mol. The van der Waals surface area contributed by atoms with Gasteiger partial charge >= 0.3 is 0 Å². The number of carbonyl (C=O) groups excluding carboxylic acids is 1. The van der Waals surface area contributed by atoms with Gasteiger partial charge in [-0.2, -0.15) is 20.0 Å². The molecule has 11 nitrogen and oxygen atoms in total. The van der Waals surface area contributed by atoms with Crippen molar-refractivity contribution in [3.05, 3.63) is 65.5 Å². The summed E-state index contributed by atoms with van der Waals surface area (Å²) < 4.78 is 3.58. The number of nitriles is 1. The van der Waals surface area contributed by atoms with Gasteiger partial charge < -0.3 is 20.2 Å². The van der Waals surface area contributed by atoms with Crippen molar-refractivity contribution in [2.24, 2.45) is 7.05 Å². The Balaban J connectivity index is 0.000000786. The lowest BCUT2D eigenvalue weighted by atomic mass is 10.1. The molecular formula is C27H33N9O2. The molecule has 0 saturated carbocycles. The van der Waals surface area contributed by atoms with E-state index in [0.717, 1.165) is 48.9 Å². The first kappa shape index (κ1) is 26.8. The van der Waals surface area contributed by atoms with Crippen LogP contribution in [0.1, 0.15) is 35.5 Å². The molecule has 4 heterocycles. The highest BCUT2D eigenvalue weighted by Gasteiger charge is 2.22. The molecule has 11 heteroatoms. The van der Waals surface area contributed by atoms with Crippen molar-refractivity contribution < 1.29 is 9.90 Å². The Morgan fingerprint density at radius 2 is 1.79 bits per heavy atom. The number of amides is 1. The molecule has 1 fully saturated rings. The highest BCUT2D eigenvalue weighted by Crippen LogP contribution is 2.24. The zero-order chi connectivity index (χ0) is 27.2. The van der Waals surface area contributed by atoms with E-state index in [1.807, 2.05) is 41.9 Å². The zero-order valence-electron chi connectivity index (χ0n) is 22.2. The molecule has 4 aromatic rings. The van der Waals surface area contributed by atoms with Crippen molar-refractivity contribution in [2.75, 3.05) is 38.1 Å². The van der Waals surface area contributed by atoms with Gasteiger partial charge in [0.2, 0.25) is 0 Å². The maximum absolute atomic E-state index is 13.1. The summed E-state index contributed by atoms with van der Waals surface area (Å²) in [6.45, 7) is 7.33. The molecule has 0 atom stereocenters. The molecule has 198 valence electrons. The summed E-state index contributed by atoms with van der Waals surface area (Å²) in [4.78, 5) is 22.2. The van der Waals surface area contributed by atoms with Crippen molar-refractivity contribution in [1.82, 2.24) is 34.6 Å². The maximum Gasteiger partial charge on any atom is 0.270 e. The Morgan fingerprint density at radius 1 is 1.11 bits per heavy atom. The smallest absolute Gasteiger partial charge is 0.270 e. The number of likely N-dealkylation sites (N-methyl/N-ethyl adjacent to an activating group) is 1. The summed E-state index contributed by atoms with van der Waals surface area (Å²) in [6.07, 6.45) is 1.57. The van der Waals surface area contributed by atoms with Crippen LogP contribution in [0, 0.1) is 11.3 Å². The van der Waals surface area contributed by atoms with Crippen LogP contribution in [0.5, 0.6) is 0 Å². The first-order chi connectivity index (χ1) is 18.2. The number of aryl methyl sites for hydroxylation is 1. The van der Waals surface area contributed by atoms with Gasteiger partial charge in [0, 0.05) is 64.2 Å². The molecule has 3 aromatic heterocycles. The van der Waals surface area contributed by atoms with Gasteiger partial charge in [-0.3, -0.25) is 9.48 Å². The third-order valence-corrected chi connectivity index (χ3v) is 6.09. The van der Waals surface area contributed by atoms with Crippen molar-refractivity contribution >= 4 is 17.4 Å². The molecule has 1 aromatic carbocycles. The number of anilines is 1. The lowest BCUT2D eigenvalue weighted by molar-refractivity contribution is 0.0946. The molecule has 38 heavy (non-hydrogen) atoms. The fourth-order valence-electron chi connectivity index (χ4n) is 4.06. The van der Waals surface area contributed by atoms with Crippen molar-refractivity contribution in [3.63, 3.8) is 0 Å². The molecule has 5 rings (SSSR count). The van der Waals surface area contributed by atoms with E-state index in [-0.39, 0.29) is 12.0 Å². The molecule has 1 aliphatic heterocycles. The number of aliphatic hydroxyl groups excluding tert-OH is 1. The number of nitrogens with one attached hydrogen (secondary N) is 1. The first-order valence-electron chi connectivity index (χ1n) is 12.5. The van der Waals surface area contributed by atoms with Gasteiger partial charge in [0.15, 0.2) is 5.65 Å². The number of benzene rings is 1. The average molecular weight is 516 g/mol. The number of aliphatic hydroxyl groups is 1. The summed E-state index contributed by atoms with van der Waals surface area (Å²) in [5, 5.41) is 29.0. The van der Waals surface area contributed by atoms with Crippen LogP contribution in [0.15, 0.2) is 48.7 Å². The van der Waals surface area contributed by atoms with Crippen LogP contribution in [-0.2, 0) is 13.6 Å². The SMILES string of the molecule is CC(C)O.CN1CCN(c2cc(C(=O)NCc3ccc(C#N)cc3)nc3cc(-c4ccnn4C)nn23)CC1. The summed E-state index contributed by atoms with van der Waals surface area (Å²) in [5.41, 5.74) is 4.07. The predicted octanol–water partition coefficient (Wildman–Crippen LogP) is 2.07. The second-order valence-corrected chi connectivity index (χ2v) is 9.51. The number of rotatable bonds is 5. The minimum absolute atomic E-state index is 0.167. The van der Waals surface area contributed by atoms with Crippen LogP contribution in [-0.4, -0.2) is 79.6 Å². The number of aromatic nitrogens is 5. The molecule has 0 unspecified atom stereocenters. The number of piperazine rings is 1. The van der Waals surface area contributed by atoms with E-state index >= 15 is 0 Å². The van der Waals surface area contributed by atoms with Crippen molar-refractivity contribution in [3.8, 4) is 17.5 Å². The van der Waals surface area contributed by atoms with Gasteiger partial charge in [0.1, 0.15) is 17.2 Å². The topological polar surface area (TPSA) is 128 Å². The fourth-order valence-corrected chi connectivity index (χ4v) is 4.06. The van der Waals surface area contributed by atoms with Crippen LogP contribution in [0.25, 0.3) is 17.0 Å². The molecule has 0 radical (unpaired) electrons. The summed E-state index contributed by atoms with van der Waals surface area (Å²) in [7, 11) is 3.98. The second kappa shape index (κ2) is 11.9. The summed E-state index contributed by atoms with van der Waals surface area (Å²) in [5.74, 6) is 0.584. The van der Waals surface area contributed by atoms with E-state index in [1.54, 1.807) is 36.9 Å². The number of fused-ring (bicyclic) bond motifs is 1. The standard InChI is InChI=1S/C24H25N9O.C3H8O/c1-30-9-11-32(12-10-30)23-14-20(24(34)26-16-18-5-3-17(15-25)4-6-18)28-22-13-19(29-33(22)23)21-7-8-27-31(21)2;1-3(2)4/h3-8,13-14H,9-12,16H2,1-2H3,(H,26,34);3-4H,1-2H3. The van der Waals surface area contributed by atoms with Crippen LogP contribution in [0.4, 0.5) is 5.82 Å². The largest absolute Gasteiger partial charge is 0.394 e. The molecule has 1 amide bonds. The van der Waals surface area contributed by atoms with Crippen molar-refractivity contribution in [2.45, 2.75) is 26.5 Å². The van der Waals surface area contributed by atoms with E-state index in [1.165, 1.54) is 0 Å². The second-order valence-electron chi connectivity index (χ2n) is 9.51. The number of carbonyl (C=O) groups is 1. The number of hydrogen-bond acceptors (Lipinski definition) is 8. The van der Waals surface area contributed by atoms with E-state index < -0.39 is 0 Å². The Hall–Kier alpha value is -4.27. The average Bonchev–Trinajstić information content (AvgIpc) is 3.53. The van der Waals surface area contributed by atoms with Crippen LogP contribution >= 0.6 is 0 Å². The van der Waals surface area contributed by atoms with Crippen molar-refractivity contribution in [1.29, 1.82) is 5.26 Å². The Bertz CT molecular complexity index is 1420. The van der Waals surface area contributed by atoms with Gasteiger partial charge in [-0.15, -0.1) is 0 Å². The highest BCUT2D eigenvalue weighted by molar-refractivity contribution is 5.93. The Morgan fingerprint density at radius 3 is 2.39 bits per heavy atom. The molecule has 0 aliphatic carbocycles. The van der Waals surface area contributed by atoms with E-state index in [4.69, 9.17) is 15.5 Å². The van der Waals surface area contributed by atoms with Crippen LogP contribution in [0.3, 0.4) is 0 Å². The third kappa shape index (κ3) is 6.34. The quantitative estimate of drug-likeness (QED) is 0.414. The maximum atomic E-state index is 13.1. The molecule has 0 spiro atoms. The molecule has 2 N–H and O–H groups in total. The van der Waals surface area contributed by atoms with Gasteiger partial charge in [-0.1, -0.05) is 12.1 Å². The van der Waals surface area contributed by atoms with Crippen LogP contribution in [0.2, 0.25) is 0 Å². The zero-order valence-corrected chi connectivity index (χ0v) is 22.2. The normalized spacial score (nSPS) is 13.8. The number of hydrogen-bond donors (Lipinski definition) is 2. The fraction of sp³-hybridized carbons (Fsp3) is 0.370. The lowest BCUT2D eigenvalue weighted by Crippen LogP contribution is -2.45. The van der Waals surface area contributed by atoms with Crippen LogP contribution < -0.4 is 10.2 Å². The Kier molecular flexibility index (Phi) is 8.35. The van der Waals surface area contributed by atoms with E-state index in [9.17, 15) is 4.79 Å². The van der Waals surface area contributed by atoms with Gasteiger partial charge in [0.05, 0.1) is 17.3 Å². The highest BCUT2D eigenvalue weighted by atomic mass is 16.3. The molecular weight excluding hydrogens is 482 g/mol. The van der Waals surface area contributed by atoms with Gasteiger partial charge in [0.25, 0.3) is 5.91 Å².